The summed E-state index contributed by atoms with van der Waals surface area (Å²) >= 11 is 0. The second kappa shape index (κ2) is 5.50. The molecule has 0 bridgehead atoms. The quantitative estimate of drug-likeness (QED) is 0.349. The fourth-order valence-electron chi connectivity index (χ4n) is 0.719. The number of nitrogens with one attached hydrogen (secondary N) is 1. The van der Waals surface area contributed by atoms with Crippen molar-refractivity contribution in [3.8, 4) is 0 Å². The predicted molar refractivity (Wildman–Crippen MR) is 43.8 cm³/mol. The number of nitrogens with zero attached hydrogens (tertiary/aromatic N) is 1. The molecule has 76 valence electrons. The summed E-state index contributed by atoms with van der Waals surface area (Å²) in [5.41, 5.74) is 0. The van der Waals surface area contributed by atoms with E-state index in [4.69, 9.17) is 5.21 Å². The number of carbonyl (C=O) groups excluding carboxylic acids is 2. The van der Waals surface area contributed by atoms with Gasteiger partial charge in [-0.2, -0.15) is 5.06 Å². The Labute approximate surface area is 76.4 Å². The van der Waals surface area contributed by atoms with Crippen LogP contribution in [0.25, 0.3) is 0 Å². The van der Waals surface area contributed by atoms with Crippen LogP contribution in [0.4, 0.5) is 0 Å². The highest BCUT2D eigenvalue weighted by molar-refractivity contribution is 5.82. The SMILES string of the molecule is CCOC(=O)C(NC(C)=O)N(C)O. The minimum absolute atomic E-state index is 0.197. The van der Waals surface area contributed by atoms with Gasteiger partial charge in [0, 0.05) is 14.0 Å². The minimum Gasteiger partial charge on any atom is -0.463 e. The Hall–Kier alpha value is -1.14. The molecular formula is C7H14N2O4. The molecule has 0 spiro atoms. The van der Waals surface area contributed by atoms with Gasteiger partial charge in [0.25, 0.3) is 0 Å². The highest BCUT2D eigenvalue weighted by atomic mass is 16.6. The third-order valence-corrected chi connectivity index (χ3v) is 1.22. The Morgan fingerprint density at radius 3 is 2.46 bits per heavy atom. The van der Waals surface area contributed by atoms with Crippen LogP contribution in [0.2, 0.25) is 0 Å². The number of carbonyl (C=O) groups is 2. The van der Waals surface area contributed by atoms with Gasteiger partial charge < -0.3 is 15.3 Å². The van der Waals surface area contributed by atoms with Crippen molar-refractivity contribution < 1.29 is 19.5 Å². The number of ether oxygens (including phenoxy) is 1. The molecule has 6 heteroatoms. The van der Waals surface area contributed by atoms with Crippen LogP contribution in [0.3, 0.4) is 0 Å². The average molecular weight is 190 g/mol. The van der Waals surface area contributed by atoms with Crippen molar-refractivity contribution in [2.45, 2.75) is 20.0 Å². The van der Waals surface area contributed by atoms with Crippen molar-refractivity contribution in [2.24, 2.45) is 0 Å². The van der Waals surface area contributed by atoms with Crippen LogP contribution in [-0.2, 0) is 14.3 Å². The van der Waals surface area contributed by atoms with E-state index in [2.05, 4.69) is 10.1 Å². The molecule has 0 aliphatic heterocycles. The maximum Gasteiger partial charge on any atom is 0.346 e. The van der Waals surface area contributed by atoms with Crippen LogP contribution in [-0.4, -0.2) is 42.0 Å². The molecule has 0 rings (SSSR count). The normalized spacial score (nSPS) is 12.4. The second-order valence-electron chi connectivity index (χ2n) is 2.43. The first-order valence-electron chi connectivity index (χ1n) is 3.84. The molecule has 0 radical (unpaired) electrons. The monoisotopic (exact) mass is 190 g/mol. The summed E-state index contributed by atoms with van der Waals surface area (Å²) in [6, 6.07) is 0. The van der Waals surface area contributed by atoms with E-state index >= 15 is 0 Å². The first-order chi connectivity index (χ1) is 5.99. The molecule has 0 aliphatic rings. The topological polar surface area (TPSA) is 78.9 Å². The molecule has 1 atom stereocenters. The predicted octanol–water partition coefficient (Wildman–Crippen LogP) is -0.667. The fraction of sp³-hybridized carbons (Fsp3) is 0.714. The second-order valence-corrected chi connectivity index (χ2v) is 2.43. The zero-order valence-electron chi connectivity index (χ0n) is 7.90. The molecule has 0 fully saturated rings. The number of likely N-dealkylation sites (N-methyl/N-ethyl adjacent to an activating group) is 1. The zero-order chi connectivity index (χ0) is 10.4. The molecule has 0 saturated carbocycles. The molecule has 0 aliphatic carbocycles. The maximum absolute atomic E-state index is 11.1. The summed E-state index contributed by atoms with van der Waals surface area (Å²) in [6.45, 7) is 3.08. The van der Waals surface area contributed by atoms with E-state index in [1.54, 1.807) is 6.92 Å². The molecule has 6 nitrogen and oxygen atoms in total. The first kappa shape index (κ1) is 11.9. The van der Waals surface area contributed by atoms with Gasteiger partial charge >= 0.3 is 5.97 Å². The van der Waals surface area contributed by atoms with Gasteiger partial charge in [0.05, 0.1) is 6.61 Å². The zero-order valence-corrected chi connectivity index (χ0v) is 7.90. The van der Waals surface area contributed by atoms with Gasteiger partial charge in [0.1, 0.15) is 0 Å². The summed E-state index contributed by atoms with van der Waals surface area (Å²) in [6.07, 6.45) is -1.14. The van der Waals surface area contributed by atoms with E-state index in [0.717, 1.165) is 0 Å². The van der Waals surface area contributed by atoms with Crippen LogP contribution in [0, 0.1) is 0 Å². The van der Waals surface area contributed by atoms with Crippen molar-refractivity contribution in [3.63, 3.8) is 0 Å². The smallest absolute Gasteiger partial charge is 0.346 e. The van der Waals surface area contributed by atoms with Gasteiger partial charge in [-0.1, -0.05) is 0 Å². The Kier molecular flexibility index (Phi) is 5.01. The van der Waals surface area contributed by atoms with Gasteiger partial charge in [0.15, 0.2) is 0 Å². The van der Waals surface area contributed by atoms with E-state index in [1.807, 2.05) is 0 Å². The van der Waals surface area contributed by atoms with Crippen LogP contribution in [0.5, 0.6) is 0 Å². The molecule has 13 heavy (non-hydrogen) atoms. The van der Waals surface area contributed by atoms with Crippen molar-refractivity contribution in [3.05, 3.63) is 0 Å². The van der Waals surface area contributed by atoms with Crippen molar-refractivity contribution in [2.75, 3.05) is 13.7 Å². The van der Waals surface area contributed by atoms with Crippen LogP contribution < -0.4 is 5.32 Å². The summed E-state index contributed by atoms with van der Waals surface area (Å²) in [5.74, 6) is -1.11. The summed E-state index contributed by atoms with van der Waals surface area (Å²) < 4.78 is 4.61. The largest absolute Gasteiger partial charge is 0.463 e. The number of hydrogen-bond acceptors (Lipinski definition) is 5. The molecule has 0 aromatic rings. The van der Waals surface area contributed by atoms with Crippen molar-refractivity contribution in [1.82, 2.24) is 10.4 Å². The lowest BCUT2D eigenvalue weighted by atomic mass is 10.4. The highest BCUT2D eigenvalue weighted by Gasteiger charge is 2.23. The summed E-state index contributed by atoms with van der Waals surface area (Å²) in [7, 11) is 1.25. The molecule has 1 amide bonds. The van der Waals surface area contributed by atoms with E-state index in [-0.39, 0.29) is 6.61 Å². The Morgan fingerprint density at radius 1 is 1.62 bits per heavy atom. The standard InChI is InChI=1S/C7H14N2O4/c1-4-13-7(11)6(9(3)12)8-5(2)10/h6,12H,4H2,1-3H3,(H,8,10). The van der Waals surface area contributed by atoms with Crippen LogP contribution in [0.1, 0.15) is 13.8 Å². The van der Waals surface area contributed by atoms with Gasteiger partial charge in [-0.05, 0) is 6.92 Å². The Balaban J connectivity index is 4.24. The van der Waals surface area contributed by atoms with E-state index in [0.29, 0.717) is 5.06 Å². The van der Waals surface area contributed by atoms with Gasteiger partial charge in [-0.15, -0.1) is 0 Å². The molecular weight excluding hydrogens is 176 g/mol. The average Bonchev–Trinajstić information content (AvgIpc) is 1.99. The highest BCUT2D eigenvalue weighted by Crippen LogP contribution is 1.92. The Bertz CT molecular complexity index is 193. The maximum atomic E-state index is 11.1. The van der Waals surface area contributed by atoms with Crippen molar-refractivity contribution in [1.29, 1.82) is 0 Å². The lowest BCUT2D eigenvalue weighted by Crippen LogP contribution is -2.50. The van der Waals surface area contributed by atoms with E-state index in [9.17, 15) is 9.59 Å². The summed E-state index contributed by atoms with van der Waals surface area (Å²) in [5, 5.41) is 11.8. The number of rotatable bonds is 4. The Morgan fingerprint density at radius 2 is 2.15 bits per heavy atom. The number of hydrogen-bond donors (Lipinski definition) is 2. The number of esters is 1. The van der Waals surface area contributed by atoms with Gasteiger partial charge in [0.2, 0.25) is 12.1 Å². The van der Waals surface area contributed by atoms with Gasteiger partial charge in [-0.25, -0.2) is 4.79 Å². The first-order valence-corrected chi connectivity index (χ1v) is 3.84. The number of hydroxylamine groups is 2. The fourth-order valence-corrected chi connectivity index (χ4v) is 0.719. The third-order valence-electron chi connectivity index (χ3n) is 1.22. The van der Waals surface area contributed by atoms with Crippen molar-refractivity contribution >= 4 is 11.9 Å². The summed E-state index contributed by atoms with van der Waals surface area (Å²) in [4.78, 5) is 21.7. The molecule has 0 aromatic heterocycles. The molecule has 2 N–H and O–H groups in total. The molecule has 1 unspecified atom stereocenters. The van der Waals surface area contributed by atoms with E-state index < -0.39 is 18.0 Å². The lowest BCUT2D eigenvalue weighted by molar-refractivity contribution is -0.174. The molecule has 0 saturated heterocycles. The van der Waals surface area contributed by atoms with Gasteiger partial charge in [-0.3, -0.25) is 4.79 Å². The lowest BCUT2D eigenvalue weighted by Gasteiger charge is -2.20. The number of amides is 1. The third kappa shape index (κ3) is 4.44. The molecule has 0 heterocycles. The van der Waals surface area contributed by atoms with Crippen LogP contribution in [0.15, 0.2) is 0 Å². The van der Waals surface area contributed by atoms with E-state index in [1.165, 1.54) is 14.0 Å². The molecule has 0 aromatic carbocycles. The van der Waals surface area contributed by atoms with Crippen LogP contribution >= 0.6 is 0 Å². The minimum atomic E-state index is -1.14.